The number of rotatable bonds is 3. The van der Waals surface area contributed by atoms with Gasteiger partial charge in [-0.2, -0.15) is 0 Å². The molecule has 1 heteroatoms. The van der Waals surface area contributed by atoms with Crippen LogP contribution in [0, 0.1) is 24.2 Å². The van der Waals surface area contributed by atoms with E-state index in [1.54, 1.807) is 6.92 Å². The molecular weight excluding hydrogens is 136 g/mol. The van der Waals surface area contributed by atoms with Crippen LogP contribution in [0.4, 0.5) is 0 Å². The van der Waals surface area contributed by atoms with Crippen LogP contribution in [0.1, 0.15) is 32.6 Å². The first-order chi connectivity index (χ1) is 5.27. The lowest BCUT2D eigenvalue weighted by atomic mass is 10.2. The molecule has 0 fully saturated rings. The van der Waals surface area contributed by atoms with Crippen molar-refractivity contribution in [2.45, 2.75) is 38.7 Å². The highest BCUT2D eigenvalue weighted by Gasteiger charge is 1.84. The van der Waals surface area contributed by atoms with Gasteiger partial charge in [0.25, 0.3) is 0 Å². The second-order valence-electron chi connectivity index (χ2n) is 2.41. The van der Waals surface area contributed by atoms with E-state index in [9.17, 15) is 0 Å². The summed E-state index contributed by atoms with van der Waals surface area (Å²) < 4.78 is 0. The molecule has 0 saturated heterocycles. The molecule has 0 saturated carbocycles. The van der Waals surface area contributed by atoms with Gasteiger partial charge >= 0.3 is 0 Å². The van der Waals surface area contributed by atoms with Crippen molar-refractivity contribution in [3.05, 3.63) is 0 Å². The summed E-state index contributed by atoms with van der Waals surface area (Å²) in [5, 5.41) is 8.75. The maximum Gasteiger partial charge on any atom is 0.111 e. The third-order valence-electron chi connectivity index (χ3n) is 1.18. The quantitative estimate of drug-likeness (QED) is 0.478. The van der Waals surface area contributed by atoms with Gasteiger partial charge in [0, 0.05) is 12.8 Å². The van der Waals surface area contributed by atoms with Crippen LogP contribution in [0.15, 0.2) is 0 Å². The molecular formula is C10H14O. The SMILES string of the molecule is C#CCCCCC#CC(C)O. The fraction of sp³-hybridized carbons (Fsp3) is 0.600. The van der Waals surface area contributed by atoms with Crippen molar-refractivity contribution in [2.75, 3.05) is 0 Å². The van der Waals surface area contributed by atoms with Gasteiger partial charge < -0.3 is 5.11 Å². The Labute approximate surface area is 68.8 Å². The van der Waals surface area contributed by atoms with Gasteiger partial charge in [-0.25, -0.2) is 0 Å². The van der Waals surface area contributed by atoms with Crippen molar-refractivity contribution in [1.82, 2.24) is 0 Å². The first-order valence-corrected chi connectivity index (χ1v) is 3.87. The van der Waals surface area contributed by atoms with Crippen LogP contribution in [0.3, 0.4) is 0 Å². The standard InChI is InChI=1S/C10H14O/c1-3-4-5-6-7-8-9-10(2)11/h1,10-11H,4-7H2,2H3. The molecule has 1 nitrogen and oxygen atoms in total. The largest absolute Gasteiger partial charge is 0.381 e. The highest BCUT2D eigenvalue weighted by atomic mass is 16.3. The van der Waals surface area contributed by atoms with Crippen molar-refractivity contribution in [1.29, 1.82) is 0 Å². The van der Waals surface area contributed by atoms with Crippen molar-refractivity contribution >= 4 is 0 Å². The van der Waals surface area contributed by atoms with E-state index in [1.165, 1.54) is 0 Å². The van der Waals surface area contributed by atoms with Gasteiger partial charge in [0.1, 0.15) is 6.10 Å². The molecule has 0 amide bonds. The summed E-state index contributed by atoms with van der Waals surface area (Å²) in [7, 11) is 0. The van der Waals surface area contributed by atoms with Crippen LogP contribution >= 0.6 is 0 Å². The predicted octanol–water partition coefficient (Wildman–Crippen LogP) is 1.56. The van der Waals surface area contributed by atoms with Crippen molar-refractivity contribution in [3.8, 4) is 24.2 Å². The molecule has 0 aromatic carbocycles. The smallest absolute Gasteiger partial charge is 0.111 e. The van der Waals surface area contributed by atoms with E-state index >= 15 is 0 Å². The fourth-order valence-corrected chi connectivity index (χ4v) is 0.660. The minimum Gasteiger partial charge on any atom is -0.381 e. The summed E-state index contributed by atoms with van der Waals surface area (Å²) in [5.74, 6) is 8.12. The molecule has 11 heavy (non-hydrogen) atoms. The monoisotopic (exact) mass is 150 g/mol. The number of terminal acetylenes is 1. The second kappa shape index (κ2) is 7.19. The maximum atomic E-state index is 8.75. The Bertz CT molecular complexity index is 175. The van der Waals surface area contributed by atoms with Crippen LogP contribution in [0.2, 0.25) is 0 Å². The number of hydrogen-bond acceptors (Lipinski definition) is 1. The summed E-state index contributed by atoms with van der Waals surface area (Å²) in [6, 6.07) is 0. The molecule has 0 radical (unpaired) electrons. The Morgan fingerprint density at radius 1 is 1.36 bits per heavy atom. The second-order valence-corrected chi connectivity index (χ2v) is 2.41. The summed E-state index contributed by atoms with van der Waals surface area (Å²) in [4.78, 5) is 0. The topological polar surface area (TPSA) is 20.2 Å². The van der Waals surface area contributed by atoms with Crippen LogP contribution < -0.4 is 0 Å². The molecule has 0 heterocycles. The van der Waals surface area contributed by atoms with Gasteiger partial charge in [-0.1, -0.05) is 5.92 Å². The third kappa shape index (κ3) is 9.08. The zero-order valence-corrected chi connectivity index (χ0v) is 6.93. The molecule has 0 aromatic rings. The molecule has 0 aliphatic heterocycles. The normalized spacial score (nSPS) is 11.0. The fourth-order valence-electron chi connectivity index (χ4n) is 0.660. The molecule has 1 N–H and O–H groups in total. The predicted molar refractivity (Wildman–Crippen MR) is 46.8 cm³/mol. The summed E-state index contributed by atoms with van der Waals surface area (Å²) in [6.07, 6.45) is 8.30. The number of aliphatic hydroxyl groups excluding tert-OH is 1. The zero-order chi connectivity index (χ0) is 8.53. The lowest BCUT2D eigenvalue weighted by molar-refractivity contribution is 0.253. The Kier molecular flexibility index (Phi) is 6.59. The van der Waals surface area contributed by atoms with E-state index in [0.29, 0.717) is 0 Å². The van der Waals surface area contributed by atoms with E-state index in [0.717, 1.165) is 25.7 Å². The first kappa shape index (κ1) is 10.1. The molecule has 0 bridgehead atoms. The van der Waals surface area contributed by atoms with Crippen molar-refractivity contribution in [2.24, 2.45) is 0 Å². The minimum atomic E-state index is -0.498. The number of hydrogen-bond donors (Lipinski definition) is 1. The average molecular weight is 150 g/mol. The van der Waals surface area contributed by atoms with E-state index in [1.807, 2.05) is 0 Å². The Balaban J connectivity index is 3.17. The molecule has 0 spiro atoms. The molecule has 1 atom stereocenters. The molecule has 0 aliphatic carbocycles. The molecule has 0 aliphatic rings. The molecule has 60 valence electrons. The minimum absolute atomic E-state index is 0.498. The van der Waals surface area contributed by atoms with Crippen LogP contribution in [-0.4, -0.2) is 11.2 Å². The lowest BCUT2D eigenvalue weighted by Gasteiger charge is -1.89. The Hall–Kier alpha value is -0.920. The van der Waals surface area contributed by atoms with Crippen molar-refractivity contribution < 1.29 is 5.11 Å². The Morgan fingerprint density at radius 3 is 2.55 bits per heavy atom. The number of unbranched alkanes of at least 4 members (excludes halogenated alkanes) is 3. The van der Waals surface area contributed by atoms with Gasteiger partial charge in [-0.15, -0.1) is 18.3 Å². The molecule has 0 aromatic heterocycles. The highest BCUT2D eigenvalue weighted by molar-refractivity contribution is 5.02. The van der Waals surface area contributed by atoms with E-state index in [2.05, 4.69) is 17.8 Å². The van der Waals surface area contributed by atoms with Crippen LogP contribution in [-0.2, 0) is 0 Å². The molecule has 1 unspecified atom stereocenters. The Morgan fingerprint density at radius 2 is 2.00 bits per heavy atom. The summed E-state index contributed by atoms with van der Waals surface area (Å²) in [5.41, 5.74) is 0. The zero-order valence-electron chi connectivity index (χ0n) is 6.93. The van der Waals surface area contributed by atoms with Crippen LogP contribution in [0.5, 0.6) is 0 Å². The first-order valence-electron chi connectivity index (χ1n) is 3.87. The van der Waals surface area contributed by atoms with Crippen molar-refractivity contribution in [3.63, 3.8) is 0 Å². The number of aliphatic hydroxyl groups is 1. The van der Waals surface area contributed by atoms with E-state index in [-0.39, 0.29) is 0 Å². The van der Waals surface area contributed by atoms with E-state index < -0.39 is 6.10 Å². The van der Waals surface area contributed by atoms with Gasteiger partial charge in [-0.05, 0) is 19.8 Å². The molecule has 0 rings (SSSR count). The average Bonchev–Trinajstić information content (AvgIpc) is 1.96. The van der Waals surface area contributed by atoms with Crippen LogP contribution in [0.25, 0.3) is 0 Å². The highest BCUT2D eigenvalue weighted by Crippen LogP contribution is 1.96. The summed E-state index contributed by atoms with van der Waals surface area (Å²) in [6.45, 7) is 1.66. The van der Waals surface area contributed by atoms with Gasteiger partial charge in [-0.3, -0.25) is 0 Å². The van der Waals surface area contributed by atoms with E-state index in [4.69, 9.17) is 11.5 Å². The third-order valence-corrected chi connectivity index (χ3v) is 1.18. The van der Waals surface area contributed by atoms with Gasteiger partial charge in [0.15, 0.2) is 0 Å². The lowest BCUT2D eigenvalue weighted by Crippen LogP contribution is -1.92. The van der Waals surface area contributed by atoms with Gasteiger partial charge in [0.2, 0.25) is 0 Å². The maximum absolute atomic E-state index is 8.75. The van der Waals surface area contributed by atoms with Gasteiger partial charge in [0.05, 0.1) is 0 Å². The summed E-state index contributed by atoms with van der Waals surface area (Å²) >= 11 is 0.